The molecule has 0 aromatic heterocycles. The van der Waals surface area contributed by atoms with Gasteiger partial charge in [-0.25, -0.2) is 8.42 Å². The molecule has 1 heterocycles. The van der Waals surface area contributed by atoms with Crippen LogP contribution in [0, 0.1) is 0 Å². The van der Waals surface area contributed by atoms with Crippen molar-refractivity contribution in [3.05, 3.63) is 70.2 Å². The molecule has 0 bridgehead atoms. The van der Waals surface area contributed by atoms with Crippen LogP contribution in [0.4, 0.5) is 0 Å². The first-order valence-corrected chi connectivity index (χ1v) is 8.99. The number of hydrogen-bond acceptors (Lipinski definition) is 2. The maximum atomic E-state index is 12.1. The smallest absolute Gasteiger partial charge is 0.212 e. The SMILES string of the molecule is CS(=O)(=O)N1CCc2ccccc2C1c1ccc(Cl)cc1. The summed E-state index contributed by atoms with van der Waals surface area (Å²) in [6.07, 6.45) is 2.01. The van der Waals surface area contributed by atoms with Gasteiger partial charge in [0, 0.05) is 11.6 Å². The van der Waals surface area contributed by atoms with Gasteiger partial charge < -0.3 is 0 Å². The van der Waals surface area contributed by atoms with Crippen LogP contribution in [0.25, 0.3) is 0 Å². The van der Waals surface area contributed by atoms with Crippen LogP contribution in [0.3, 0.4) is 0 Å². The highest BCUT2D eigenvalue weighted by molar-refractivity contribution is 7.88. The van der Waals surface area contributed by atoms with Gasteiger partial charge in [-0.1, -0.05) is 48.0 Å². The van der Waals surface area contributed by atoms with Crippen molar-refractivity contribution in [2.75, 3.05) is 12.8 Å². The van der Waals surface area contributed by atoms with Crippen LogP contribution in [-0.4, -0.2) is 25.5 Å². The maximum absolute atomic E-state index is 12.1. The summed E-state index contributed by atoms with van der Waals surface area (Å²) in [5.74, 6) is 0. The molecule has 2 aromatic rings. The minimum absolute atomic E-state index is 0.276. The van der Waals surface area contributed by atoms with Crippen molar-refractivity contribution >= 4 is 21.6 Å². The number of halogens is 1. The molecule has 1 unspecified atom stereocenters. The highest BCUT2D eigenvalue weighted by Crippen LogP contribution is 2.36. The topological polar surface area (TPSA) is 37.4 Å². The van der Waals surface area contributed by atoms with Gasteiger partial charge in [-0.3, -0.25) is 0 Å². The van der Waals surface area contributed by atoms with Gasteiger partial charge in [0.1, 0.15) is 0 Å². The largest absolute Gasteiger partial charge is 0.212 e. The van der Waals surface area contributed by atoms with Crippen LogP contribution in [0.1, 0.15) is 22.7 Å². The van der Waals surface area contributed by atoms with Gasteiger partial charge in [0.2, 0.25) is 10.0 Å². The second-order valence-corrected chi connectivity index (χ2v) is 7.65. The van der Waals surface area contributed by atoms with E-state index in [1.54, 1.807) is 16.4 Å². The Kier molecular flexibility index (Phi) is 3.78. The Morgan fingerprint density at radius 2 is 1.76 bits per heavy atom. The molecule has 5 heteroatoms. The van der Waals surface area contributed by atoms with Crippen LogP contribution in [-0.2, 0) is 16.4 Å². The van der Waals surface area contributed by atoms with Gasteiger partial charge in [-0.15, -0.1) is 0 Å². The third-order valence-electron chi connectivity index (χ3n) is 3.85. The van der Waals surface area contributed by atoms with Gasteiger partial charge in [0.25, 0.3) is 0 Å². The number of benzene rings is 2. The van der Waals surface area contributed by atoms with E-state index < -0.39 is 10.0 Å². The summed E-state index contributed by atoms with van der Waals surface area (Å²) in [6, 6.07) is 15.1. The maximum Gasteiger partial charge on any atom is 0.212 e. The monoisotopic (exact) mass is 321 g/mol. The molecule has 0 fully saturated rings. The first kappa shape index (κ1) is 14.6. The molecular weight excluding hydrogens is 306 g/mol. The number of nitrogens with zero attached hydrogens (tertiary/aromatic N) is 1. The fourth-order valence-electron chi connectivity index (χ4n) is 2.89. The molecule has 0 N–H and O–H groups in total. The summed E-state index contributed by atoms with van der Waals surface area (Å²) in [5, 5.41) is 0.647. The van der Waals surface area contributed by atoms with Crippen molar-refractivity contribution in [1.29, 1.82) is 0 Å². The lowest BCUT2D eigenvalue weighted by molar-refractivity contribution is 0.347. The van der Waals surface area contributed by atoms with E-state index >= 15 is 0 Å². The second kappa shape index (κ2) is 5.44. The summed E-state index contributed by atoms with van der Waals surface area (Å²) in [5.41, 5.74) is 3.20. The molecule has 1 aliphatic rings. The van der Waals surface area contributed by atoms with Crippen LogP contribution >= 0.6 is 11.6 Å². The summed E-state index contributed by atoms with van der Waals surface area (Å²) in [7, 11) is -3.28. The number of hydrogen-bond donors (Lipinski definition) is 0. The molecule has 0 saturated carbocycles. The minimum Gasteiger partial charge on any atom is -0.212 e. The van der Waals surface area contributed by atoms with Crippen LogP contribution < -0.4 is 0 Å². The number of fused-ring (bicyclic) bond motifs is 1. The molecule has 0 spiro atoms. The zero-order valence-corrected chi connectivity index (χ0v) is 13.2. The van der Waals surface area contributed by atoms with Crippen molar-refractivity contribution in [2.24, 2.45) is 0 Å². The third kappa shape index (κ3) is 2.84. The van der Waals surface area contributed by atoms with Crippen molar-refractivity contribution in [3.63, 3.8) is 0 Å². The van der Waals surface area contributed by atoms with E-state index in [-0.39, 0.29) is 6.04 Å². The van der Waals surface area contributed by atoms with E-state index in [1.165, 1.54) is 11.8 Å². The highest BCUT2D eigenvalue weighted by Gasteiger charge is 2.33. The second-order valence-electron chi connectivity index (χ2n) is 5.28. The van der Waals surface area contributed by atoms with Crippen molar-refractivity contribution in [2.45, 2.75) is 12.5 Å². The Morgan fingerprint density at radius 1 is 1.10 bits per heavy atom. The normalized spacial score (nSPS) is 19.2. The summed E-state index contributed by atoms with van der Waals surface area (Å²) < 4.78 is 25.9. The van der Waals surface area contributed by atoms with Gasteiger partial charge in [-0.2, -0.15) is 4.31 Å². The predicted molar refractivity (Wildman–Crippen MR) is 85.0 cm³/mol. The Hall–Kier alpha value is -1.36. The summed E-state index contributed by atoms with van der Waals surface area (Å²) in [6.45, 7) is 0.503. The highest BCUT2D eigenvalue weighted by atomic mass is 35.5. The molecule has 21 heavy (non-hydrogen) atoms. The van der Waals surface area contributed by atoms with Crippen molar-refractivity contribution in [3.8, 4) is 0 Å². The lowest BCUT2D eigenvalue weighted by atomic mass is 9.90. The molecule has 1 aliphatic heterocycles. The zero-order valence-electron chi connectivity index (χ0n) is 11.7. The van der Waals surface area contributed by atoms with Crippen LogP contribution in [0.5, 0.6) is 0 Å². The van der Waals surface area contributed by atoms with Gasteiger partial charge >= 0.3 is 0 Å². The lowest BCUT2D eigenvalue weighted by Crippen LogP contribution is -2.39. The van der Waals surface area contributed by atoms with Crippen LogP contribution in [0.2, 0.25) is 5.02 Å². The van der Waals surface area contributed by atoms with E-state index in [9.17, 15) is 8.42 Å². The van der Waals surface area contributed by atoms with Gasteiger partial charge in [0.05, 0.1) is 12.3 Å². The average molecular weight is 322 g/mol. The summed E-state index contributed by atoms with van der Waals surface area (Å²) in [4.78, 5) is 0. The van der Waals surface area contributed by atoms with E-state index in [0.717, 1.165) is 17.5 Å². The van der Waals surface area contributed by atoms with Crippen molar-refractivity contribution < 1.29 is 8.42 Å². The molecule has 0 amide bonds. The minimum atomic E-state index is -3.28. The predicted octanol–water partition coefficient (Wildman–Crippen LogP) is 3.25. The molecule has 3 rings (SSSR count). The Labute approximate surface area is 130 Å². The van der Waals surface area contributed by atoms with Crippen molar-refractivity contribution in [1.82, 2.24) is 4.31 Å². The molecule has 0 radical (unpaired) electrons. The standard InChI is InChI=1S/C16H16ClNO2S/c1-21(19,20)18-11-10-12-4-2-3-5-15(12)16(18)13-6-8-14(17)9-7-13/h2-9,16H,10-11H2,1H3. The zero-order chi connectivity index (χ0) is 15.0. The van der Waals surface area contributed by atoms with Gasteiger partial charge in [0.15, 0.2) is 0 Å². The molecule has 0 saturated heterocycles. The fraction of sp³-hybridized carbons (Fsp3) is 0.250. The molecule has 2 aromatic carbocycles. The van der Waals surface area contributed by atoms with E-state index in [4.69, 9.17) is 11.6 Å². The van der Waals surface area contributed by atoms with E-state index in [1.807, 2.05) is 30.3 Å². The van der Waals surface area contributed by atoms with Crippen LogP contribution in [0.15, 0.2) is 48.5 Å². The Bertz CT molecular complexity index is 756. The number of rotatable bonds is 2. The van der Waals surface area contributed by atoms with E-state index in [2.05, 4.69) is 6.07 Å². The van der Waals surface area contributed by atoms with Gasteiger partial charge in [-0.05, 0) is 35.2 Å². The summed E-state index contributed by atoms with van der Waals surface area (Å²) >= 11 is 5.95. The lowest BCUT2D eigenvalue weighted by Gasteiger charge is -2.35. The average Bonchev–Trinajstić information content (AvgIpc) is 2.46. The fourth-order valence-corrected chi connectivity index (χ4v) is 4.06. The molecule has 3 nitrogen and oxygen atoms in total. The molecule has 0 aliphatic carbocycles. The first-order chi connectivity index (χ1) is 9.97. The number of sulfonamides is 1. The van der Waals surface area contributed by atoms with E-state index in [0.29, 0.717) is 11.6 Å². The molecule has 110 valence electrons. The quantitative estimate of drug-likeness (QED) is 0.851. The first-order valence-electron chi connectivity index (χ1n) is 6.77. The third-order valence-corrected chi connectivity index (χ3v) is 5.35. The molecule has 1 atom stereocenters. The Morgan fingerprint density at radius 3 is 2.43 bits per heavy atom. The molecular formula is C16H16ClNO2S. The Balaban J connectivity index is 2.16.